The van der Waals surface area contributed by atoms with Gasteiger partial charge in [0, 0.05) is 50.5 Å². The van der Waals surface area contributed by atoms with E-state index in [1.54, 1.807) is 0 Å². The third-order valence-electron chi connectivity index (χ3n) is 4.85. The number of nitrogens with one attached hydrogen (secondary N) is 2. The Morgan fingerprint density at radius 1 is 1.11 bits per heavy atom. The summed E-state index contributed by atoms with van der Waals surface area (Å²) in [4.78, 5) is 9.63. The average molecular weight is 372 g/mol. The molecular formula is C22H37N5. The molecule has 150 valence electrons. The van der Waals surface area contributed by atoms with Crippen molar-refractivity contribution in [1.29, 1.82) is 0 Å². The van der Waals surface area contributed by atoms with Crippen LogP contribution in [-0.2, 0) is 6.54 Å². The number of nitrogens with zero attached hydrogens (tertiary/aromatic N) is 3. The van der Waals surface area contributed by atoms with Crippen molar-refractivity contribution in [2.75, 3.05) is 37.6 Å². The standard InChI is InChI=1S/C22H37N5/c1-6-23-22(24-12-15-27(18(2)3)19(4)5)25-17-20-10-9-11-21(16-20)26-13-7-8-14-26/h7-11,16,18-19H,6,12-15,17H2,1-5H3,(H2,23,24,25). The molecule has 0 spiro atoms. The van der Waals surface area contributed by atoms with Crippen LogP contribution in [0, 0.1) is 0 Å². The topological polar surface area (TPSA) is 42.9 Å². The molecular weight excluding hydrogens is 334 g/mol. The van der Waals surface area contributed by atoms with Gasteiger partial charge < -0.3 is 15.5 Å². The summed E-state index contributed by atoms with van der Waals surface area (Å²) in [6.45, 7) is 16.6. The van der Waals surface area contributed by atoms with Crippen LogP contribution in [0.25, 0.3) is 0 Å². The quantitative estimate of drug-likeness (QED) is 0.397. The minimum atomic E-state index is 0.550. The lowest BCUT2D eigenvalue weighted by Gasteiger charge is -2.30. The van der Waals surface area contributed by atoms with Gasteiger partial charge in [0.25, 0.3) is 0 Å². The highest BCUT2D eigenvalue weighted by atomic mass is 15.2. The number of hydrogen-bond donors (Lipinski definition) is 2. The maximum Gasteiger partial charge on any atom is 0.191 e. The molecule has 2 rings (SSSR count). The molecule has 0 saturated carbocycles. The molecule has 0 fully saturated rings. The van der Waals surface area contributed by atoms with Gasteiger partial charge in [-0.3, -0.25) is 4.90 Å². The largest absolute Gasteiger partial charge is 0.364 e. The van der Waals surface area contributed by atoms with E-state index < -0.39 is 0 Å². The lowest BCUT2D eigenvalue weighted by atomic mass is 10.2. The van der Waals surface area contributed by atoms with E-state index in [9.17, 15) is 0 Å². The van der Waals surface area contributed by atoms with Gasteiger partial charge in [-0.15, -0.1) is 0 Å². The van der Waals surface area contributed by atoms with E-state index in [0.29, 0.717) is 18.6 Å². The smallest absolute Gasteiger partial charge is 0.191 e. The number of aliphatic imine (C=N–C) groups is 1. The first-order valence-corrected chi connectivity index (χ1v) is 10.3. The Bertz CT molecular complexity index is 605. The van der Waals surface area contributed by atoms with Crippen molar-refractivity contribution < 1.29 is 0 Å². The van der Waals surface area contributed by atoms with E-state index >= 15 is 0 Å². The second-order valence-electron chi connectivity index (χ2n) is 7.59. The molecule has 0 atom stereocenters. The first kappa shape index (κ1) is 21.3. The molecule has 1 aromatic carbocycles. The lowest BCUT2D eigenvalue weighted by Crippen LogP contribution is -2.45. The maximum absolute atomic E-state index is 4.78. The average Bonchev–Trinajstić information content (AvgIpc) is 3.17. The second kappa shape index (κ2) is 11.0. The highest BCUT2D eigenvalue weighted by Crippen LogP contribution is 2.18. The number of benzene rings is 1. The van der Waals surface area contributed by atoms with Crippen LogP contribution >= 0.6 is 0 Å². The van der Waals surface area contributed by atoms with E-state index in [-0.39, 0.29) is 0 Å². The monoisotopic (exact) mass is 371 g/mol. The maximum atomic E-state index is 4.78. The van der Waals surface area contributed by atoms with Crippen LogP contribution in [0.2, 0.25) is 0 Å². The molecule has 0 unspecified atom stereocenters. The van der Waals surface area contributed by atoms with Crippen LogP contribution in [0.4, 0.5) is 5.69 Å². The van der Waals surface area contributed by atoms with Crippen LogP contribution in [0.3, 0.4) is 0 Å². The Hall–Kier alpha value is -2.01. The van der Waals surface area contributed by atoms with Crippen LogP contribution in [0.5, 0.6) is 0 Å². The first-order chi connectivity index (χ1) is 13.0. The molecule has 0 radical (unpaired) electrons. The molecule has 27 heavy (non-hydrogen) atoms. The van der Waals surface area contributed by atoms with Crippen LogP contribution in [0.1, 0.15) is 40.2 Å². The Labute approximate surface area is 165 Å². The van der Waals surface area contributed by atoms with Crippen LogP contribution in [-0.4, -0.2) is 55.7 Å². The molecule has 0 aromatic heterocycles. The van der Waals surface area contributed by atoms with E-state index in [0.717, 1.165) is 38.7 Å². The van der Waals surface area contributed by atoms with Gasteiger partial charge in [0.05, 0.1) is 6.54 Å². The number of anilines is 1. The molecule has 1 aliphatic heterocycles. The summed E-state index contributed by atoms with van der Waals surface area (Å²) >= 11 is 0. The minimum Gasteiger partial charge on any atom is -0.364 e. The van der Waals surface area contributed by atoms with Crippen molar-refractivity contribution in [2.45, 2.75) is 53.2 Å². The Morgan fingerprint density at radius 3 is 2.44 bits per heavy atom. The molecule has 1 aliphatic rings. The Kier molecular flexibility index (Phi) is 8.65. The zero-order chi connectivity index (χ0) is 19.6. The van der Waals surface area contributed by atoms with Gasteiger partial charge in [0.2, 0.25) is 0 Å². The summed E-state index contributed by atoms with van der Waals surface area (Å²) in [5, 5.41) is 6.83. The second-order valence-corrected chi connectivity index (χ2v) is 7.59. The predicted octanol–water partition coefficient (Wildman–Crippen LogP) is 3.24. The predicted molar refractivity (Wildman–Crippen MR) is 118 cm³/mol. The van der Waals surface area contributed by atoms with Crippen molar-refractivity contribution >= 4 is 11.6 Å². The molecule has 0 saturated heterocycles. The summed E-state index contributed by atoms with van der Waals surface area (Å²) < 4.78 is 0. The van der Waals surface area contributed by atoms with E-state index in [1.165, 1.54) is 11.3 Å². The van der Waals surface area contributed by atoms with Crippen molar-refractivity contribution in [3.8, 4) is 0 Å². The molecule has 0 bridgehead atoms. The summed E-state index contributed by atoms with van der Waals surface area (Å²) in [7, 11) is 0. The van der Waals surface area contributed by atoms with Crippen molar-refractivity contribution in [3.63, 3.8) is 0 Å². The minimum absolute atomic E-state index is 0.550. The summed E-state index contributed by atoms with van der Waals surface area (Å²) in [5.74, 6) is 0.887. The summed E-state index contributed by atoms with van der Waals surface area (Å²) in [6, 6.07) is 9.81. The van der Waals surface area contributed by atoms with Gasteiger partial charge in [0.15, 0.2) is 5.96 Å². The number of hydrogen-bond acceptors (Lipinski definition) is 3. The molecule has 0 aliphatic carbocycles. The Morgan fingerprint density at radius 2 is 1.81 bits per heavy atom. The third-order valence-corrected chi connectivity index (χ3v) is 4.85. The highest BCUT2D eigenvalue weighted by Gasteiger charge is 2.12. The van der Waals surface area contributed by atoms with Gasteiger partial charge in [0.1, 0.15) is 0 Å². The zero-order valence-corrected chi connectivity index (χ0v) is 17.7. The highest BCUT2D eigenvalue weighted by molar-refractivity contribution is 5.79. The van der Waals surface area contributed by atoms with Crippen LogP contribution in [0.15, 0.2) is 41.4 Å². The molecule has 5 heteroatoms. The molecule has 5 nitrogen and oxygen atoms in total. The normalized spacial score (nSPS) is 14.7. The number of guanidine groups is 1. The van der Waals surface area contributed by atoms with Gasteiger partial charge in [-0.25, -0.2) is 4.99 Å². The molecule has 2 N–H and O–H groups in total. The zero-order valence-electron chi connectivity index (χ0n) is 17.7. The fourth-order valence-corrected chi connectivity index (χ4v) is 3.47. The molecule has 1 heterocycles. The summed E-state index contributed by atoms with van der Waals surface area (Å²) in [6.07, 6.45) is 4.44. The first-order valence-electron chi connectivity index (χ1n) is 10.3. The summed E-state index contributed by atoms with van der Waals surface area (Å²) in [5.41, 5.74) is 2.51. The van der Waals surface area contributed by atoms with E-state index in [4.69, 9.17) is 4.99 Å². The van der Waals surface area contributed by atoms with Gasteiger partial charge >= 0.3 is 0 Å². The SMILES string of the molecule is CCNC(=NCc1cccc(N2CC=CC2)c1)NCCN(C(C)C)C(C)C. The fourth-order valence-electron chi connectivity index (χ4n) is 3.47. The lowest BCUT2D eigenvalue weighted by molar-refractivity contribution is 0.178. The Balaban J connectivity index is 1.91. The van der Waals surface area contributed by atoms with Gasteiger partial charge in [-0.1, -0.05) is 24.3 Å². The van der Waals surface area contributed by atoms with Crippen molar-refractivity contribution in [2.24, 2.45) is 4.99 Å². The molecule has 1 aromatic rings. The number of rotatable bonds is 9. The van der Waals surface area contributed by atoms with E-state index in [1.807, 2.05) is 0 Å². The third kappa shape index (κ3) is 6.90. The van der Waals surface area contributed by atoms with Gasteiger partial charge in [-0.05, 0) is 52.3 Å². The van der Waals surface area contributed by atoms with Crippen molar-refractivity contribution in [1.82, 2.24) is 15.5 Å². The van der Waals surface area contributed by atoms with Crippen molar-refractivity contribution in [3.05, 3.63) is 42.0 Å². The van der Waals surface area contributed by atoms with Gasteiger partial charge in [-0.2, -0.15) is 0 Å². The van der Waals surface area contributed by atoms with Crippen LogP contribution < -0.4 is 15.5 Å². The molecule has 0 amide bonds. The van der Waals surface area contributed by atoms with E-state index in [2.05, 4.69) is 91.5 Å². The fraction of sp³-hybridized carbons (Fsp3) is 0.591.